The summed E-state index contributed by atoms with van der Waals surface area (Å²) < 4.78 is 1.73. The molecule has 0 saturated carbocycles. The number of aromatic nitrogens is 3. The highest BCUT2D eigenvalue weighted by molar-refractivity contribution is 7.15. The second-order valence-corrected chi connectivity index (χ2v) is 6.77. The Bertz CT molecular complexity index is 1100. The van der Waals surface area contributed by atoms with Crippen molar-refractivity contribution >= 4 is 45.8 Å². The van der Waals surface area contributed by atoms with Crippen molar-refractivity contribution in [3.8, 4) is 11.3 Å². The fraction of sp³-hybridized carbons (Fsp3) is 0. The summed E-state index contributed by atoms with van der Waals surface area (Å²) in [7, 11) is 0. The first-order valence-electron chi connectivity index (χ1n) is 7.83. The molecule has 0 unspecified atom stereocenters. The summed E-state index contributed by atoms with van der Waals surface area (Å²) >= 11 is 7.41. The number of rotatable bonds is 4. The van der Waals surface area contributed by atoms with E-state index in [1.165, 1.54) is 17.4 Å². The molecule has 4 aromatic rings. The number of amides is 1. The SMILES string of the molecule is O=C(/C=C/c1cccc(Cl)c1)Nc1nc2scc(-c3ccccc3)n2n1. The van der Waals surface area contributed by atoms with Crippen LogP contribution >= 0.6 is 22.9 Å². The van der Waals surface area contributed by atoms with Gasteiger partial charge in [-0.05, 0) is 23.8 Å². The molecular formula is C19H13ClN4OS. The number of hydrogen-bond donors (Lipinski definition) is 1. The largest absolute Gasteiger partial charge is 0.290 e. The molecule has 2 heterocycles. The Hall–Kier alpha value is -2.96. The summed E-state index contributed by atoms with van der Waals surface area (Å²) in [5.41, 5.74) is 2.83. The van der Waals surface area contributed by atoms with Crippen LogP contribution in [0.2, 0.25) is 5.02 Å². The number of carbonyl (C=O) groups is 1. The molecule has 2 aromatic heterocycles. The van der Waals surface area contributed by atoms with E-state index in [-0.39, 0.29) is 11.9 Å². The van der Waals surface area contributed by atoms with Crippen molar-refractivity contribution in [3.63, 3.8) is 0 Å². The highest BCUT2D eigenvalue weighted by atomic mass is 35.5. The summed E-state index contributed by atoms with van der Waals surface area (Å²) in [5.74, 6) is -0.0285. The number of thiazole rings is 1. The molecule has 0 fully saturated rings. The highest BCUT2D eigenvalue weighted by Crippen LogP contribution is 2.25. The van der Waals surface area contributed by atoms with E-state index in [2.05, 4.69) is 15.4 Å². The summed E-state index contributed by atoms with van der Waals surface area (Å²) in [6.07, 6.45) is 3.12. The minimum Gasteiger partial charge on any atom is -0.290 e. The third-order valence-corrected chi connectivity index (χ3v) is 4.71. The average Bonchev–Trinajstić information content (AvgIpc) is 3.21. The Morgan fingerprint density at radius 2 is 2.00 bits per heavy atom. The average molecular weight is 381 g/mol. The van der Waals surface area contributed by atoms with Gasteiger partial charge in [0.1, 0.15) is 0 Å². The molecule has 0 aliphatic heterocycles. The minimum atomic E-state index is -0.301. The molecule has 0 aliphatic carbocycles. The fourth-order valence-corrected chi connectivity index (χ4v) is 3.51. The lowest BCUT2D eigenvalue weighted by atomic mass is 10.2. The Kier molecular flexibility index (Phi) is 4.51. The van der Waals surface area contributed by atoms with Crippen LogP contribution in [0, 0.1) is 0 Å². The Balaban J connectivity index is 1.52. The highest BCUT2D eigenvalue weighted by Gasteiger charge is 2.12. The molecule has 7 heteroatoms. The predicted molar refractivity (Wildman–Crippen MR) is 105 cm³/mol. The molecule has 0 atom stereocenters. The van der Waals surface area contributed by atoms with Gasteiger partial charge in [-0.3, -0.25) is 10.1 Å². The van der Waals surface area contributed by atoms with E-state index in [0.29, 0.717) is 5.02 Å². The second kappa shape index (κ2) is 7.11. The van der Waals surface area contributed by atoms with Crippen molar-refractivity contribution < 1.29 is 4.79 Å². The van der Waals surface area contributed by atoms with Crippen LogP contribution in [0.5, 0.6) is 0 Å². The summed E-state index contributed by atoms with van der Waals surface area (Å²) in [6, 6.07) is 17.2. The zero-order valence-electron chi connectivity index (χ0n) is 13.5. The minimum absolute atomic E-state index is 0.273. The van der Waals surface area contributed by atoms with Crippen molar-refractivity contribution in [2.75, 3.05) is 5.32 Å². The number of nitrogens with zero attached hydrogens (tertiary/aromatic N) is 3. The molecule has 2 aromatic carbocycles. The molecule has 0 saturated heterocycles. The molecule has 1 N–H and O–H groups in total. The van der Waals surface area contributed by atoms with Crippen LogP contribution in [-0.2, 0) is 4.79 Å². The van der Waals surface area contributed by atoms with Crippen molar-refractivity contribution in [1.29, 1.82) is 0 Å². The van der Waals surface area contributed by atoms with E-state index in [1.54, 1.807) is 22.7 Å². The lowest BCUT2D eigenvalue weighted by Crippen LogP contribution is -2.09. The molecule has 0 radical (unpaired) electrons. The van der Waals surface area contributed by atoms with Crippen LogP contribution in [0.4, 0.5) is 5.95 Å². The molecular weight excluding hydrogens is 368 g/mol. The first kappa shape index (κ1) is 16.5. The standard InChI is InChI=1S/C19H13ClN4OS/c20-15-8-4-5-13(11-15)9-10-17(25)21-18-22-19-24(23-18)16(12-26-19)14-6-2-1-3-7-14/h1-12H,(H,21,23,25)/b10-9+. The van der Waals surface area contributed by atoms with Gasteiger partial charge in [0.2, 0.25) is 4.96 Å². The fourth-order valence-electron chi connectivity index (χ4n) is 2.48. The van der Waals surface area contributed by atoms with E-state index in [4.69, 9.17) is 11.6 Å². The van der Waals surface area contributed by atoms with Crippen molar-refractivity contribution in [1.82, 2.24) is 14.6 Å². The lowest BCUT2D eigenvalue weighted by molar-refractivity contribution is -0.111. The van der Waals surface area contributed by atoms with Crippen molar-refractivity contribution in [2.24, 2.45) is 0 Å². The molecule has 0 spiro atoms. The molecule has 1 amide bonds. The summed E-state index contributed by atoms with van der Waals surface area (Å²) in [5, 5.41) is 9.69. The van der Waals surface area contributed by atoms with E-state index in [0.717, 1.165) is 21.8 Å². The van der Waals surface area contributed by atoms with Crippen molar-refractivity contribution in [2.45, 2.75) is 0 Å². The van der Waals surface area contributed by atoms with Gasteiger partial charge in [0.25, 0.3) is 11.9 Å². The summed E-state index contributed by atoms with van der Waals surface area (Å²) in [4.78, 5) is 17.2. The van der Waals surface area contributed by atoms with Crippen molar-refractivity contribution in [3.05, 3.63) is 76.6 Å². The number of benzene rings is 2. The lowest BCUT2D eigenvalue weighted by Gasteiger charge is -1.98. The van der Waals surface area contributed by atoms with Gasteiger partial charge in [-0.25, -0.2) is 4.52 Å². The van der Waals surface area contributed by atoms with E-state index >= 15 is 0 Å². The van der Waals surface area contributed by atoms with Crippen LogP contribution < -0.4 is 5.32 Å². The van der Waals surface area contributed by atoms with Crippen LogP contribution in [0.15, 0.2) is 66.1 Å². The molecule has 5 nitrogen and oxygen atoms in total. The van der Waals surface area contributed by atoms with Crippen LogP contribution in [0.25, 0.3) is 22.3 Å². The topological polar surface area (TPSA) is 59.3 Å². The Labute approximate surface area is 158 Å². The second-order valence-electron chi connectivity index (χ2n) is 5.49. The van der Waals surface area contributed by atoms with E-state index < -0.39 is 0 Å². The maximum absolute atomic E-state index is 12.1. The molecule has 0 aliphatic rings. The molecule has 4 rings (SSSR count). The Morgan fingerprint density at radius 1 is 1.15 bits per heavy atom. The number of anilines is 1. The first-order chi connectivity index (χ1) is 12.7. The monoisotopic (exact) mass is 380 g/mol. The smallest absolute Gasteiger partial charge is 0.250 e. The zero-order chi connectivity index (χ0) is 17.9. The maximum Gasteiger partial charge on any atom is 0.250 e. The van der Waals surface area contributed by atoms with Crippen LogP contribution in [-0.4, -0.2) is 20.5 Å². The van der Waals surface area contributed by atoms with E-state index in [9.17, 15) is 4.79 Å². The maximum atomic E-state index is 12.1. The van der Waals surface area contributed by atoms with E-state index in [1.807, 2.05) is 47.8 Å². The number of fused-ring (bicyclic) bond motifs is 1. The zero-order valence-corrected chi connectivity index (χ0v) is 15.0. The number of hydrogen-bond acceptors (Lipinski definition) is 4. The molecule has 128 valence electrons. The van der Waals surface area contributed by atoms with Gasteiger partial charge < -0.3 is 0 Å². The first-order valence-corrected chi connectivity index (χ1v) is 9.09. The van der Waals surface area contributed by atoms with Gasteiger partial charge in [-0.15, -0.1) is 16.4 Å². The van der Waals surface area contributed by atoms with Gasteiger partial charge in [-0.2, -0.15) is 4.98 Å². The molecule has 0 bridgehead atoms. The summed E-state index contributed by atoms with van der Waals surface area (Å²) in [6.45, 7) is 0. The quantitative estimate of drug-likeness (QED) is 0.519. The molecule has 26 heavy (non-hydrogen) atoms. The van der Waals surface area contributed by atoms with Crippen LogP contribution in [0.1, 0.15) is 5.56 Å². The third-order valence-electron chi connectivity index (χ3n) is 3.66. The van der Waals surface area contributed by atoms with Gasteiger partial charge in [-0.1, -0.05) is 54.1 Å². The van der Waals surface area contributed by atoms with Gasteiger partial charge in [0.15, 0.2) is 0 Å². The van der Waals surface area contributed by atoms with Gasteiger partial charge in [0.05, 0.1) is 5.69 Å². The number of halogens is 1. The Morgan fingerprint density at radius 3 is 2.81 bits per heavy atom. The van der Waals surface area contributed by atoms with Gasteiger partial charge >= 0.3 is 0 Å². The third kappa shape index (κ3) is 3.51. The number of nitrogens with one attached hydrogen (secondary N) is 1. The van der Waals surface area contributed by atoms with Gasteiger partial charge in [0, 0.05) is 22.0 Å². The normalized spacial score (nSPS) is 11.3. The predicted octanol–water partition coefficient (Wildman–Crippen LogP) is 4.76. The number of carbonyl (C=O) groups excluding carboxylic acids is 1. The van der Waals surface area contributed by atoms with Crippen LogP contribution in [0.3, 0.4) is 0 Å².